The molecule has 2 amide bonds. The molecule has 0 radical (unpaired) electrons. The van der Waals surface area contributed by atoms with Crippen molar-refractivity contribution < 1.29 is 24.2 Å². The van der Waals surface area contributed by atoms with Crippen molar-refractivity contribution in [2.24, 2.45) is 7.05 Å². The molecule has 44 heavy (non-hydrogen) atoms. The number of nitrogens with zero attached hydrogens (tertiary/aromatic N) is 3. The highest BCUT2D eigenvalue weighted by Gasteiger charge is 2.32. The van der Waals surface area contributed by atoms with Crippen LogP contribution < -0.4 is 16.4 Å². The zero-order valence-corrected chi connectivity index (χ0v) is 25.2. The second-order valence-electron chi connectivity index (χ2n) is 10.5. The summed E-state index contributed by atoms with van der Waals surface area (Å²) in [6, 6.07) is 22.2. The average Bonchev–Trinajstić information content (AvgIpc) is 3.45. The Labute approximate surface area is 260 Å². The van der Waals surface area contributed by atoms with Crippen LogP contribution in [0.15, 0.2) is 84.3 Å². The van der Waals surface area contributed by atoms with Gasteiger partial charge in [0.15, 0.2) is 11.4 Å². The lowest BCUT2D eigenvalue weighted by molar-refractivity contribution is -0.245. The molecule has 3 atom stereocenters. The van der Waals surface area contributed by atoms with Crippen molar-refractivity contribution in [3.05, 3.63) is 95.8 Å². The molecule has 5 N–H and O–H groups in total. The Kier molecular flexibility index (Phi) is 10.6. The lowest BCUT2D eigenvalue weighted by Gasteiger charge is -2.36. The molecule has 12 heteroatoms. The number of nitrogens with one attached hydrogen (secondary N) is 2. The van der Waals surface area contributed by atoms with Gasteiger partial charge in [-0.1, -0.05) is 60.3 Å². The zero-order chi connectivity index (χ0) is 30.9. The Morgan fingerprint density at radius 1 is 1.00 bits per heavy atom. The molecular formula is C32H36N6O5S. The third kappa shape index (κ3) is 8.44. The predicted molar refractivity (Wildman–Crippen MR) is 169 cm³/mol. The molecule has 0 saturated carbocycles. The molecule has 1 fully saturated rings. The number of carbonyl (C=O) groups is 2. The van der Waals surface area contributed by atoms with E-state index in [1.54, 1.807) is 42.4 Å². The van der Waals surface area contributed by atoms with Gasteiger partial charge >= 0.3 is 0 Å². The summed E-state index contributed by atoms with van der Waals surface area (Å²) in [4.78, 5) is 25.0. The molecular weight excluding hydrogens is 580 g/mol. The summed E-state index contributed by atoms with van der Waals surface area (Å²) in [5.74, 6) is 0.259. The lowest BCUT2D eigenvalue weighted by atomic mass is 10.0. The van der Waals surface area contributed by atoms with E-state index in [1.807, 2.05) is 60.1 Å². The SMILES string of the molecule is Cn1cnnc1SC[C@@H]1C[C@H](c2ccc(CO)cc2)O[C@H](c2cccc(NC(=O)CCCC(=O)Nc3ccccc3N)c2)O1. The van der Waals surface area contributed by atoms with Crippen LogP contribution in [-0.2, 0) is 32.7 Å². The van der Waals surface area contributed by atoms with Gasteiger partial charge in [0.1, 0.15) is 6.33 Å². The average molecular weight is 617 g/mol. The second kappa shape index (κ2) is 15.0. The smallest absolute Gasteiger partial charge is 0.224 e. The first-order valence-corrected chi connectivity index (χ1v) is 15.4. The Morgan fingerprint density at radius 3 is 2.50 bits per heavy atom. The number of aromatic nitrogens is 3. The van der Waals surface area contributed by atoms with Crippen LogP contribution in [0, 0.1) is 0 Å². The van der Waals surface area contributed by atoms with Crippen LogP contribution in [0.4, 0.5) is 17.1 Å². The highest BCUT2D eigenvalue weighted by Crippen LogP contribution is 2.39. The quantitative estimate of drug-likeness (QED) is 0.128. The summed E-state index contributed by atoms with van der Waals surface area (Å²) in [5.41, 5.74) is 10.1. The van der Waals surface area contributed by atoms with Gasteiger partial charge in [-0.3, -0.25) is 9.59 Å². The molecule has 4 aromatic rings. The number of hydrogen-bond donors (Lipinski definition) is 4. The molecule has 1 aliphatic heterocycles. The molecule has 230 valence electrons. The number of ether oxygens (including phenoxy) is 2. The molecule has 0 aliphatic carbocycles. The van der Waals surface area contributed by atoms with E-state index in [2.05, 4.69) is 20.8 Å². The number of nitrogens with two attached hydrogens (primary N) is 1. The third-order valence-corrected chi connectivity index (χ3v) is 8.33. The number of aryl methyl sites for hydroxylation is 1. The van der Waals surface area contributed by atoms with Crippen molar-refractivity contribution in [1.82, 2.24) is 14.8 Å². The van der Waals surface area contributed by atoms with Gasteiger partial charge in [0, 0.05) is 43.3 Å². The molecule has 1 saturated heterocycles. The van der Waals surface area contributed by atoms with E-state index in [4.69, 9.17) is 15.2 Å². The van der Waals surface area contributed by atoms with Crippen LogP contribution in [0.1, 0.15) is 54.8 Å². The Balaban J connectivity index is 1.20. The number of hydrogen-bond acceptors (Lipinski definition) is 9. The monoisotopic (exact) mass is 616 g/mol. The summed E-state index contributed by atoms with van der Waals surface area (Å²) in [5, 5.41) is 24.1. The van der Waals surface area contributed by atoms with Crippen LogP contribution in [0.5, 0.6) is 0 Å². The molecule has 11 nitrogen and oxygen atoms in total. The number of benzene rings is 3. The Hall–Kier alpha value is -4.23. The van der Waals surface area contributed by atoms with Crippen LogP contribution in [0.25, 0.3) is 0 Å². The number of aliphatic hydroxyl groups is 1. The molecule has 1 aromatic heterocycles. The van der Waals surface area contributed by atoms with Gasteiger partial charge < -0.3 is 35.5 Å². The zero-order valence-electron chi connectivity index (χ0n) is 24.4. The maximum Gasteiger partial charge on any atom is 0.224 e. The molecule has 5 rings (SSSR count). The fourth-order valence-corrected chi connectivity index (χ4v) is 5.72. The van der Waals surface area contributed by atoms with Gasteiger partial charge in [0.05, 0.1) is 30.2 Å². The van der Waals surface area contributed by atoms with E-state index in [1.165, 1.54) is 0 Å². The lowest BCUT2D eigenvalue weighted by Crippen LogP contribution is -2.31. The molecule has 3 aromatic carbocycles. The molecule has 0 unspecified atom stereocenters. The normalized spacial score (nSPS) is 18.1. The first-order valence-electron chi connectivity index (χ1n) is 14.4. The minimum atomic E-state index is -0.665. The fourth-order valence-electron chi connectivity index (χ4n) is 4.81. The van der Waals surface area contributed by atoms with Gasteiger partial charge in [-0.25, -0.2) is 0 Å². The predicted octanol–water partition coefficient (Wildman–Crippen LogP) is 4.97. The van der Waals surface area contributed by atoms with E-state index < -0.39 is 6.29 Å². The second-order valence-corrected chi connectivity index (χ2v) is 11.5. The van der Waals surface area contributed by atoms with E-state index in [-0.39, 0.29) is 43.5 Å². The number of aliphatic hydroxyl groups excluding tert-OH is 1. The maximum absolute atomic E-state index is 12.7. The number of para-hydroxylation sites is 2. The standard InChI is InChI=1S/C32H36N6O5S/c1-38-20-34-37-32(38)44-19-25-17-28(22-14-12-21(18-39)13-15-22)43-31(42-25)23-6-4-7-24(16-23)35-29(40)10-5-11-30(41)36-27-9-3-2-8-26(27)33/h2-4,6-9,12-16,20,25,28,31,39H,5,10-11,17-19,33H2,1H3,(H,35,40)(H,36,41)/t25-,28+,31+/m0/s1. The number of amides is 2. The van der Waals surface area contributed by atoms with Gasteiger partial charge in [-0.2, -0.15) is 0 Å². The summed E-state index contributed by atoms with van der Waals surface area (Å²) < 4.78 is 14.7. The van der Waals surface area contributed by atoms with Gasteiger partial charge in [-0.15, -0.1) is 10.2 Å². The summed E-state index contributed by atoms with van der Waals surface area (Å²) in [7, 11) is 1.90. The number of rotatable bonds is 12. The highest BCUT2D eigenvalue weighted by molar-refractivity contribution is 7.99. The fraction of sp³-hybridized carbons (Fsp3) is 0.312. The summed E-state index contributed by atoms with van der Waals surface area (Å²) >= 11 is 1.57. The van der Waals surface area contributed by atoms with Crippen molar-refractivity contribution in [2.45, 2.75) is 55.9 Å². The van der Waals surface area contributed by atoms with Crippen LogP contribution >= 0.6 is 11.8 Å². The topological polar surface area (TPSA) is 154 Å². The largest absolute Gasteiger partial charge is 0.397 e. The van der Waals surface area contributed by atoms with Gasteiger partial charge in [-0.05, 0) is 41.8 Å². The van der Waals surface area contributed by atoms with Crippen molar-refractivity contribution in [2.75, 3.05) is 22.1 Å². The van der Waals surface area contributed by atoms with Crippen LogP contribution in [0.2, 0.25) is 0 Å². The number of nitrogen functional groups attached to an aromatic ring is 1. The minimum absolute atomic E-state index is 0.0248. The number of thioether (sulfide) groups is 1. The number of carbonyl (C=O) groups excluding carboxylic acids is 2. The van der Waals surface area contributed by atoms with Crippen LogP contribution in [-0.4, -0.2) is 43.5 Å². The summed E-state index contributed by atoms with van der Waals surface area (Å²) in [6.45, 7) is -0.0248. The van der Waals surface area contributed by atoms with Crippen molar-refractivity contribution >= 4 is 40.6 Å². The molecule has 0 spiro atoms. The third-order valence-electron chi connectivity index (χ3n) is 7.17. The van der Waals surface area contributed by atoms with Crippen LogP contribution in [0.3, 0.4) is 0 Å². The van der Waals surface area contributed by atoms with E-state index in [9.17, 15) is 14.7 Å². The maximum atomic E-state index is 12.7. The first kappa shape index (κ1) is 31.2. The molecule has 2 heterocycles. The van der Waals surface area contributed by atoms with Crippen molar-refractivity contribution in [1.29, 1.82) is 0 Å². The molecule has 1 aliphatic rings. The van der Waals surface area contributed by atoms with Gasteiger partial charge in [0.2, 0.25) is 11.8 Å². The van der Waals surface area contributed by atoms with Crippen molar-refractivity contribution in [3.8, 4) is 0 Å². The van der Waals surface area contributed by atoms with Gasteiger partial charge in [0.25, 0.3) is 0 Å². The highest BCUT2D eigenvalue weighted by atomic mass is 32.2. The van der Waals surface area contributed by atoms with E-state index in [0.717, 1.165) is 21.8 Å². The van der Waals surface area contributed by atoms with E-state index >= 15 is 0 Å². The van der Waals surface area contributed by atoms with Crippen molar-refractivity contribution in [3.63, 3.8) is 0 Å². The first-order chi connectivity index (χ1) is 21.4. The summed E-state index contributed by atoms with van der Waals surface area (Å²) in [6.07, 6.45) is 2.03. The Morgan fingerprint density at radius 2 is 1.77 bits per heavy atom. The number of anilines is 3. The minimum Gasteiger partial charge on any atom is -0.397 e. The molecule has 0 bridgehead atoms. The van der Waals surface area contributed by atoms with E-state index in [0.29, 0.717) is 35.7 Å². The Bertz CT molecular complexity index is 1560.